The van der Waals surface area contributed by atoms with Crippen LogP contribution in [-0.4, -0.2) is 15.7 Å². The normalized spacial score (nSPS) is 10.5. The highest BCUT2D eigenvalue weighted by molar-refractivity contribution is 5.93. The molecule has 0 fully saturated rings. The van der Waals surface area contributed by atoms with Crippen LogP contribution < -0.4 is 5.73 Å². The summed E-state index contributed by atoms with van der Waals surface area (Å²) in [5.74, 6) is -0.870. The first-order chi connectivity index (χ1) is 8.13. The molecule has 0 saturated heterocycles. The average molecular weight is 233 g/mol. The predicted octanol–water partition coefficient (Wildman–Crippen LogP) is 1.67. The van der Waals surface area contributed by atoms with Crippen molar-refractivity contribution in [3.63, 3.8) is 0 Å². The maximum atomic E-state index is 13.1. The first-order valence-electron chi connectivity index (χ1n) is 5.26. The van der Waals surface area contributed by atoms with Gasteiger partial charge in [0.2, 0.25) is 0 Å². The monoisotopic (exact) mass is 233 g/mol. The second kappa shape index (κ2) is 4.37. The van der Waals surface area contributed by atoms with Crippen molar-refractivity contribution < 1.29 is 9.18 Å². The third-order valence-electron chi connectivity index (χ3n) is 2.52. The number of nitrogens with two attached hydrogens (primary N) is 1. The zero-order valence-corrected chi connectivity index (χ0v) is 9.35. The summed E-state index contributed by atoms with van der Waals surface area (Å²) in [7, 11) is 0. The summed E-state index contributed by atoms with van der Waals surface area (Å²) in [6.07, 6.45) is 2.00. The zero-order chi connectivity index (χ0) is 12.4. The Morgan fingerprint density at radius 2 is 2.29 bits per heavy atom. The number of nitrogens with zero attached hydrogens (tertiary/aromatic N) is 2. The highest BCUT2D eigenvalue weighted by Gasteiger charge is 2.14. The van der Waals surface area contributed by atoms with Crippen LogP contribution in [0.15, 0.2) is 30.5 Å². The fourth-order valence-corrected chi connectivity index (χ4v) is 1.75. The highest BCUT2D eigenvalue weighted by atomic mass is 19.1. The zero-order valence-electron chi connectivity index (χ0n) is 9.35. The molecule has 2 aromatic rings. The quantitative estimate of drug-likeness (QED) is 0.876. The Labute approximate surface area is 97.9 Å². The maximum Gasteiger partial charge on any atom is 0.252 e. The van der Waals surface area contributed by atoms with E-state index in [1.165, 1.54) is 23.0 Å². The van der Waals surface area contributed by atoms with Gasteiger partial charge in [0, 0.05) is 0 Å². The second-order valence-electron chi connectivity index (χ2n) is 3.61. The van der Waals surface area contributed by atoms with Crippen LogP contribution in [0, 0.1) is 5.82 Å². The van der Waals surface area contributed by atoms with E-state index in [0.717, 1.165) is 0 Å². The fraction of sp³-hybridized carbons (Fsp3) is 0.167. The smallest absolute Gasteiger partial charge is 0.252 e. The van der Waals surface area contributed by atoms with Crippen molar-refractivity contribution in [2.24, 2.45) is 5.73 Å². The van der Waals surface area contributed by atoms with E-state index in [9.17, 15) is 9.18 Å². The number of amides is 1. The molecule has 0 atom stereocenters. The Morgan fingerprint density at radius 3 is 2.88 bits per heavy atom. The molecular formula is C12H12FN3O. The molecule has 0 aliphatic carbocycles. The summed E-state index contributed by atoms with van der Waals surface area (Å²) in [6, 6.07) is 6.03. The van der Waals surface area contributed by atoms with Crippen molar-refractivity contribution in [3.8, 4) is 5.69 Å². The van der Waals surface area contributed by atoms with Gasteiger partial charge in [-0.15, -0.1) is 0 Å². The van der Waals surface area contributed by atoms with Gasteiger partial charge in [0.1, 0.15) is 5.82 Å². The predicted molar refractivity (Wildman–Crippen MR) is 61.4 cm³/mol. The minimum Gasteiger partial charge on any atom is -0.365 e. The number of carbonyl (C=O) groups is 1. The number of benzene rings is 1. The van der Waals surface area contributed by atoms with E-state index in [-0.39, 0.29) is 5.82 Å². The third kappa shape index (κ3) is 2.04. The molecule has 1 heterocycles. The molecule has 17 heavy (non-hydrogen) atoms. The second-order valence-corrected chi connectivity index (χ2v) is 3.61. The SMILES string of the molecule is CCc1c(C(N)=O)cnn1-c1cccc(F)c1. The summed E-state index contributed by atoms with van der Waals surface area (Å²) < 4.78 is 14.7. The molecule has 2 rings (SSSR count). The molecule has 0 saturated carbocycles. The fourth-order valence-electron chi connectivity index (χ4n) is 1.75. The minimum atomic E-state index is -0.524. The summed E-state index contributed by atoms with van der Waals surface area (Å²) >= 11 is 0. The van der Waals surface area contributed by atoms with E-state index in [0.29, 0.717) is 23.4 Å². The molecule has 0 aliphatic rings. The van der Waals surface area contributed by atoms with Crippen LogP contribution in [0.3, 0.4) is 0 Å². The first-order valence-corrected chi connectivity index (χ1v) is 5.26. The lowest BCUT2D eigenvalue weighted by atomic mass is 10.2. The van der Waals surface area contributed by atoms with Gasteiger partial charge < -0.3 is 5.73 Å². The van der Waals surface area contributed by atoms with Crippen LogP contribution in [0.2, 0.25) is 0 Å². The van der Waals surface area contributed by atoms with Gasteiger partial charge >= 0.3 is 0 Å². The van der Waals surface area contributed by atoms with Gasteiger partial charge in [0.25, 0.3) is 5.91 Å². The summed E-state index contributed by atoms with van der Waals surface area (Å²) in [5.41, 5.74) is 6.88. The van der Waals surface area contributed by atoms with E-state index in [4.69, 9.17) is 5.73 Å². The van der Waals surface area contributed by atoms with E-state index in [1.54, 1.807) is 12.1 Å². The highest BCUT2D eigenvalue weighted by Crippen LogP contribution is 2.16. The molecule has 1 aromatic heterocycles. The van der Waals surface area contributed by atoms with E-state index >= 15 is 0 Å². The summed E-state index contributed by atoms with van der Waals surface area (Å²) in [6.45, 7) is 1.89. The first kappa shape index (κ1) is 11.3. The Bertz CT molecular complexity index is 563. The van der Waals surface area contributed by atoms with Crippen molar-refractivity contribution in [1.82, 2.24) is 9.78 Å². The lowest BCUT2D eigenvalue weighted by molar-refractivity contribution is 0.0999. The number of hydrogen-bond acceptors (Lipinski definition) is 2. The lowest BCUT2D eigenvalue weighted by Gasteiger charge is -2.06. The van der Waals surface area contributed by atoms with Crippen molar-refractivity contribution in [3.05, 3.63) is 47.5 Å². The number of aromatic nitrogens is 2. The molecule has 0 radical (unpaired) electrons. The van der Waals surface area contributed by atoms with Crippen LogP contribution in [0.4, 0.5) is 4.39 Å². The number of halogens is 1. The van der Waals surface area contributed by atoms with Gasteiger partial charge in [-0.25, -0.2) is 9.07 Å². The molecular weight excluding hydrogens is 221 g/mol. The maximum absolute atomic E-state index is 13.1. The van der Waals surface area contributed by atoms with Gasteiger partial charge in [-0.3, -0.25) is 4.79 Å². The van der Waals surface area contributed by atoms with Gasteiger partial charge in [-0.05, 0) is 24.6 Å². The van der Waals surface area contributed by atoms with Crippen LogP contribution >= 0.6 is 0 Å². The van der Waals surface area contributed by atoms with E-state index < -0.39 is 5.91 Å². The minimum absolute atomic E-state index is 0.347. The lowest BCUT2D eigenvalue weighted by Crippen LogP contribution is -2.13. The number of rotatable bonds is 3. The third-order valence-corrected chi connectivity index (χ3v) is 2.52. The molecule has 0 spiro atoms. The molecule has 1 aromatic carbocycles. The van der Waals surface area contributed by atoms with E-state index in [2.05, 4.69) is 5.10 Å². The summed E-state index contributed by atoms with van der Waals surface area (Å²) in [4.78, 5) is 11.2. The molecule has 0 aliphatic heterocycles. The largest absolute Gasteiger partial charge is 0.365 e. The number of carbonyl (C=O) groups excluding carboxylic acids is 1. The van der Waals surface area contributed by atoms with Gasteiger partial charge in [-0.2, -0.15) is 5.10 Å². The van der Waals surface area contributed by atoms with Crippen LogP contribution in [0.5, 0.6) is 0 Å². The van der Waals surface area contributed by atoms with Gasteiger partial charge in [0.05, 0.1) is 23.1 Å². The molecule has 2 N–H and O–H groups in total. The molecule has 0 unspecified atom stereocenters. The Hall–Kier alpha value is -2.17. The molecule has 88 valence electrons. The topological polar surface area (TPSA) is 60.9 Å². The van der Waals surface area contributed by atoms with Crippen molar-refractivity contribution in [2.45, 2.75) is 13.3 Å². The van der Waals surface area contributed by atoms with Crippen molar-refractivity contribution in [2.75, 3.05) is 0 Å². The van der Waals surface area contributed by atoms with Crippen LogP contribution in [0.25, 0.3) is 5.69 Å². The Balaban J connectivity index is 2.56. The van der Waals surface area contributed by atoms with Crippen LogP contribution in [0.1, 0.15) is 23.0 Å². The van der Waals surface area contributed by atoms with Crippen molar-refractivity contribution in [1.29, 1.82) is 0 Å². The van der Waals surface area contributed by atoms with E-state index in [1.807, 2.05) is 6.92 Å². The Kier molecular flexibility index (Phi) is 2.91. The molecule has 0 bridgehead atoms. The average Bonchev–Trinajstić information content (AvgIpc) is 2.72. The standard InChI is InChI=1S/C12H12FN3O/c1-2-11-10(12(14)17)7-15-16(11)9-5-3-4-8(13)6-9/h3-7H,2H2,1H3,(H2,14,17). The number of hydrogen-bond donors (Lipinski definition) is 1. The molecule has 4 nitrogen and oxygen atoms in total. The number of primary amides is 1. The van der Waals surface area contributed by atoms with Gasteiger partial charge in [-0.1, -0.05) is 13.0 Å². The Morgan fingerprint density at radius 1 is 1.53 bits per heavy atom. The summed E-state index contributed by atoms with van der Waals surface area (Å²) in [5, 5.41) is 4.07. The van der Waals surface area contributed by atoms with Gasteiger partial charge in [0.15, 0.2) is 0 Å². The molecule has 1 amide bonds. The van der Waals surface area contributed by atoms with Crippen molar-refractivity contribution >= 4 is 5.91 Å². The molecule has 5 heteroatoms. The van der Waals surface area contributed by atoms with Crippen LogP contribution in [-0.2, 0) is 6.42 Å².